The molecular weight excluding hydrogens is 237 g/mol. The minimum absolute atomic E-state index is 0.0242. The smallest absolute Gasteiger partial charge is 0.255 e. The summed E-state index contributed by atoms with van der Waals surface area (Å²) in [6.07, 6.45) is 2.65. The summed E-state index contributed by atoms with van der Waals surface area (Å²) >= 11 is 0. The van der Waals surface area contributed by atoms with E-state index < -0.39 is 11.7 Å². The molecule has 1 rings (SSSR count). The van der Waals surface area contributed by atoms with Gasteiger partial charge in [0.2, 0.25) is 0 Å². The number of anilines is 1. The van der Waals surface area contributed by atoms with Crippen LogP contribution in [0.4, 0.5) is 10.2 Å². The molecule has 18 heavy (non-hydrogen) atoms. The van der Waals surface area contributed by atoms with Crippen molar-refractivity contribution in [3.05, 3.63) is 23.6 Å². The van der Waals surface area contributed by atoms with Crippen molar-refractivity contribution in [2.45, 2.75) is 19.8 Å². The molecule has 0 aliphatic rings. The normalized spacial score (nSPS) is 10.3. The summed E-state index contributed by atoms with van der Waals surface area (Å²) in [5, 5.41) is 2.64. The van der Waals surface area contributed by atoms with Gasteiger partial charge in [-0.25, -0.2) is 9.37 Å². The van der Waals surface area contributed by atoms with Gasteiger partial charge in [-0.2, -0.15) is 0 Å². The van der Waals surface area contributed by atoms with E-state index >= 15 is 0 Å². The Morgan fingerprint density at radius 3 is 3.06 bits per heavy atom. The lowest BCUT2D eigenvalue weighted by molar-refractivity contribution is 0.0941. The molecule has 0 fully saturated rings. The summed E-state index contributed by atoms with van der Waals surface area (Å²) in [5.41, 5.74) is 5.56. The van der Waals surface area contributed by atoms with Crippen LogP contribution < -0.4 is 11.1 Å². The van der Waals surface area contributed by atoms with Crippen molar-refractivity contribution in [2.75, 3.05) is 25.5 Å². The number of hydrogen-bond donors (Lipinski definition) is 2. The van der Waals surface area contributed by atoms with Crippen LogP contribution in [0.15, 0.2) is 12.3 Å². The number of carbonyl (C=O) groups is 1. The van der Waals surface area contributed by atoms with Crippen LogP contribution >= 0.6 is 0 Å². The highest BCUT2D eigenvalue weighted by molar-refractivity contribution is 5.98. The average molecular weight is 255 g/mol. The van der Waals surface area contributed by atoms with E-state index in [9.17, 15) is 9.18 Å². The number of carbonyl (C=O) groups excluding carboxylic acids is 1. The van der Waals surface area contributed by atoms with Crippen molar-refractivity contribution < 1.29 is 13.9 Å². The molecule has 0 radical (unpaired) electrons. The molecule has 0 atom stereocenters. The molecule has 0 aromatic carbocycles. The van der Waals surface area contributed by atoms with Gasteiger partial charge in [-0.05, 0) is 18.9 Å². The third kappa shape index (κ3) is 4.67. The Bertz CT molecular complexity index is 399. The molecule has 0 saturated carbocycles. The molecule has 0 aliphatic heterocycles. The van der Waals surface area contributed by atoms with Gasteiger partial charge in [0, 0.05) is 19.8 Å². The number of rotatable bonds is 7. The minimum atomic E-state index is -0.583. The number of halogens is 1. The fourth-order valence-corrected chi connectivity index (χ4v) is 1.35. The number of nitrogens with two attached hydrogens (primary N) is 1. The number of aromatic nitrogens is 1. The Morgan fingerprint density at radius 1 is 1.56 bits per heavy atom. The van der Waals surface area contributed by atoms with E-state index in [0.717, 1.165) is 18.7 Å². The van der Waals surface area contributed by atoms with E-state index in [4.69, 9.17) is 10.5 Å². The summed E-state index contributed by atoms with van der Waals surface area (Å²) < 4.78 is 18.2. The Hall–Kier alpha value is -1.69. The second kappa shape index (κ2) is 7.60. The zero-order valence-corrected chi connectivity index (χ0v) is 10.4. The van der Waals surface area contributed by atoms with Crippen molar-refractivity contribution in [1.82, 2.24) is 10.3 Å². The number of nitrogen functional groups attached to an aromatic ring is 1. The molecule has 100 valence electrons. The molecule has 0 aliphatic carbocycles. The summed E-state index contributed by atoms with van der Waals surface area (Å²) in [6.45, 7) is 3.79. The van der Waals surface area contributed by atoms with Gasteiger partial charge in [0.1, 0.15) is 11.6 Å². The van der Waals surface area contributed by atoms with Crippen LogP contribution in [0.1, 0.15) is 30.1 Å². The van der Waals surface area contributed by atoms with E-state index in [1.165, 1.54) is 0 Å². The van der Waals surface area contributed by atoms with Gasteiger partial charge in [-0.3, -0.25) is 4.79 Å². The van der Waals surface area contributed by atoms with Gasteiger partial charge in [0.05, 0.1) is 11.8 Å². The highest BCUT2D eigenvalue weighted by atomic mass is 19.1. The van der Waals surface area contributed by atoms with Crippen LogP contribution in [0.2, 0.25) is 0 Å². The Labute approximate surface area is 106 Å². The third-order valence-corrected chi connectivity index (χ3v) is 2.23. The Balaban J connectivity index is 2.34. The maximum absolute atomic E-state index is 12.9. The summed E-state index contributed by atoms with van der Waals surface area (Å²) in [7, 11) is 0. The zero-order chi connectivity index (χ0) is 13.4. The topological polar surface area (TPSA) is 77.2 Å². The first-order valence-corrected chi connectivity index (χ1v) is 5.92. The van der Waals surface area contributed by atoms with E-state index in [0.29, 0.717) is 26.2 Å². The quantitative estimate of drug-likeness (QED) is 0.721. The third-order valence-electron chi connectivity index (χ3n) is 2.23. The maximum Gasteiger partial charge on any atom is 0.255 e. The molecule has 0 saturated heterocycles. The van der Waals surface area contributed by atoms with E-state index in [1.54, 1.807) is 0 Å². The first kappa shape index (κ1) is 14.4. The van der Waals surface area contributed by atoms with Crippen molar-refractivity contribution in [3.63, 3.8) is 0 Å². The van der Waals surface area contributed by atoms with Crippen molar-refractivity contribution in [1.29, 1.82) is 0 Å². The van der Waals surface area contributed by atoms with Crippen molar-refractivity contribution in [3.8, 4) is 0 Å². The van der Waals surface area contributed by atoms with Gasteiger partial charge >= 0.3 is 0 Å². The average Bonchev–Trinajstić information content (AvgIpc) is 2.36. The molecule has 3 N–H and O–H groups in total. The number of ether oxygens (including phenoxy) is 1. The fraction of sp³-hybridized carbons (Fsp3) is 0.500. The molecule has 1 aromatic rings. The summed E-state index contributed by atoms with van der Waals surface area (Å²) in [6, 6.07) is 1.07. The molecule has 1 heterocycles. The monoisotopic (exact) mass is 255 g/mol. The maximum atomic E-state index is 12.9. The van der Waals surface area contributed by atoms with E-state index in [-0.39, 0.29) is 11.4 Å². The summed E-state index contributed by atoms with van der Waals surface area (Å²) in [4.78, 5) is 15.3. The van der Waals surface area contributed by atoms with Crippen LogP contribution in [-0.4, -0.2) is 30.6 Å². The molecule has 0 spiro atoms. The van der Waals surface area contributed by atoms with Gasteiger partial charge in [-0.1, -0.05) is 6.92 Å². The fourth-order valence-electron chi connectivity index (χ4n) is 1.35. The van der Waals surface area contributed by atoms with Gasteiger partial charge in [-0.15, -0.1) is 0 Å². The highest BCUT2D eigenvalue weighted by Crippen LogP contribution is 2.09. The number of hydrogen-bond acceptors (Lipinski definition) is 4. The molecule has 6 heteroatoms. The van der Waals surface area contributed by atoms with Gasteiger partial charge < -0.3 is 15.8 Å². The number of pyridine rings is 1. The molecule has 0 unspecified atom stereocenters. The largest absolute Gasteiger partial charge is 0.383 e. The lowest BCUT2D eigenvalue weighted by atomic mass is 10.2. The van der Waals surface area contributed by atoms with Crippen LogP contribution in [0.5, 0.6) is 0 Å². The first-order chi connectivity index (χ1) is 8.65. The van der Waals surface area contributed by atoms with Crippen molar-refractivity contribution >= 4 is 11.7 Å². The molecule has 1 aromatic heterocycles. The second-order valence-electron chi connectivity index (χ2n) is 3.81. The SMILES string of the molecule is CCCOCCCNC(=O)c1cc(F)cnc1N. The molecule has 0 bridgehead atoms. The summed E-state index contributed by atoms with van der Waals surface area (Å²) in [5.74, 6) is -0.980. The van der Waals surface area contributed by atoms with Crippen LogP contribution in [-0.2, 0) is 4.74 Å². The Morgan fingerprint density at radius 2 is 2.33 bits per heavy atom. The minimum Gasteiger partial charge on any atom is -0.383 e. The number of amides is 1. The van der Waals surface area contributed by atoms with Crippen LogP contribution in [0.25, 0.3) is 0 Å². The Kier molecular flexibility index (Phi) is 6.07. The first-order valence-electron chi connectivity index (χ1n) is 5.92. The predicted molar refractivity (Wildman–Crippen MR) is 66.7 cm³/mol. The van der Waals surface area contributed by atoms with Crippen molar-refractivity contribution in [2.24, 2.45) is 0 Å². The number of nitrogens with zero attached hydrogens (tertiary/aromatic N) is 1. The van der Waals surface area contributed by atoms with Crippen LogP contribution in [0.3, 0.4) is 0 Å². The van der Waals surface area contributed by atoms with Crippen LogP contribution in [0, 0.1) is 5.82 Å². The van der Waals surface area contributed by atoms with E-state index in [2.05, 4.69) is 10.3 Å². The molecule has 1 amide bonds. The molecular formula is C12H18FN3O2. The van der Waals surface area contributed by atoms with E-state index in [1.807, 2.05) is 6.92 Å². The van der Waals surface area contributed by atoms with Gasteiger partial charge in [0.15, 0.2) is 0 Å². The lowest BCUT2D eigenvalue weighted by Crippen LogP contribution is -2.26. The number of nitrogens with one attached hydrogen (secondary N) is 1. The molecule has 5 nitrogen and oxygen atoms in total. The van der Waals surface area contributed by atoms with Gasteiger partial charge in [0.25, 0.3) is 5.91 Å². The highest BCUT2D eigenvalue weighted by Gasteiger charge is 2.11. The zero-order valence-electron chi connectivity index (χ0n) is 10.4. The lowest BCUT2D eigenvalue weighted by Gasteiger charge is -2.07. The standard InChI is InChI=1S/C12H18FN3O2/c1-2-5-18-6-3-4-15-12(17)10-7-9(13)8-16-11(10)14/h7-8H,2-6H2,1H3,(H2,14,16)(H,15,17). The second-order valence-corrected chi connectivity index (χ2v) is 3.81. The predicted octanol–water partition coefficient (Wildman–Crippen LogP) is 1.35.